The van der Waals surface area contributed by atoms with E-state index in [-0.39, 0.29) is 18.4 Å². The highest BCUT2D eigenvalue weighted by Gasteiger charge is 2.33. The van der Waals surface area contributed by atoms with E-state index in [1.807, 2.05) is 55.5 Å². The highest BCUT2D eigenvalue weighted by molar-refractivity contribution is 6.06. The molecular formula is C24H22N2O4. The number of carbonyl (C=O) groups excluding carboxylic acids is 2. The lowest BCUT2D eigenvalue weighted by Crippen LogP contribution is -2.49. The number of anilines is 2. The van der Waals surface area contributed by atoms with Gasteiger partial charge >= 0.3 is 0 Å². The molecule has 0 spiro atoms. The van der Waals surface area contributed by atoms with Crippen molar-refractivity contribution in [3.05, 3.63) is 78.4 Å². The van der Waals surface area contributed by atoms with Crippen LogP contribution in [0, 0.1) is 6.92 Å². The summed E-state index contributed by atoms with van der Waals surface area (Å²) in [5, 5.41) is 2.87. The van der Waals surface area contributed by atoms with E-state index < -0.39 is 6.04 Å². The zero-order chi connectivity index (χ0) is 21.1. The van der Waals surface area contributed by atoms with Gasteiger partial charge in [0.25, 0.3) is 5.91 Å². The average Bonchev–Trinajstić information content (AvgIpc) is 2.75. The molecule has 1 aliphatic rings. The second-order valence-electron chi connectivity index (χ2n) is 7.13. The first-order valence-electron chi connectivity index (χ1n) is 9.70. The molecule has 1 aliphatic heterocycles. The van der Waals surface area contributed by atoms with Gasteiger partial charge in [0.2, 0.25) is 5.91 Å². The third-order valence-corrected chi connectivity index (χ3v) is 4.86. The maximum atomic E-state index is 12.9. The van der Waals surface area contributed by atoms with Crippen molar-refractivity contribution in [3.63, 3.8) is 0 Å². The molecule has 0 saturated heterocycles. The minimum Gasteiger partial charge on any atom is -0.482 e. The van der Waals surface area contributed by atoms with Gasteiger partial charge in [0, 0.05) is 5.69 Å². The molecular weight excluding hydrogens is 380 g/mol. The fourth-order valence-electron chi connectivity index (χ4n) is 3.30. The van der Waals surface area contributed by atoms with Gasteiger partial charge in [0.05, 0.1) is 5.69 Å². The zero-order valence-corrected chi connectivity index (χ0v) is 16.8. The van der Waals surface area contributed by atoms with Gasteiger partial charge in [-0.05, 0) is 67.9 Å². The van der Waals surface area contributed by atoms with Crippen LogP contribution in [-0.2, 0) is 9.59 Å². The van der Waals surface area contributed by atoms with Crippen molar-refractivity contribution in [1.29, 1.82) is 0 Å². The molecule has 0 saturated carbocycles. The summed E-state index contributed by atoms with van der Waals surface area (Å²) in [5.41, 5.74) is 2.22. The molecule has 0 fully saturated rings. The quantitative estimate of drug-likeness (QED) is 0.680. The summed E-state index contributed by atoms with van der Waals surface area (Å²) in [6.07, 6.45) is 0. The Kier molecular flexibility index (Phi) is 5.39. The molecule has 0 bridgehead atoms. The molecule has 0 aromatic heterocycles. The molecule has 30 heavy (non-hydrogen) atoms. The van der Waals surface area contributed by atoms with E-state index in [4.69, 9.17) is 9.47 Å². The fraction of sp³-hybridized carbons (Fsp3) is 0.167. The van der Waals surface area contributed by atoms with Crippen molar-refractivity contribution < 1.29 is 19.1 Å². The molecule has 6 heteroatoms. The van der Waals surface area contributed by atoms with Gasteiger partial charge in [-0.1, -0.05) is 24.3 Å². The van der Waals surface area contributed by atoms with Crippen LogP contribution in [0.15, 0.2) is 72.8 Å². The summed E-state index contributed by atoms with van der Waals surface area (Å²) in [7, 11) is 0. The number of rotatable bonds is 5. The van der Waals surface area contributed by atoms with Crippen LogP contribution in [0.2, 0.25) is 0 Å². The molecule has 2 amide bonds. The van der Waals surface area contributed by atoms with Crippen molar-refractivity contribution in [2.75, 3.05) is 16.8 Å². The lowest BCUT2D eigenvalue weighted by atomic mass is 10.1. The Balaban J connectivity index is 1.46. The number of aryl methyl sites for hydroxylation is 1. The van der Waals surface area contributed by atoms with Gasteiger partial charge in [-0.15, -0.1) is 0 Å². The number of hydrogen-bond donors (Lipinski definition) is 1. The first-order chi connectivity index (χ1) is 14.5. The summed E-state index contributed by atoms with van der Waals surface area (Å²) in [4.78, 5) is 26.8. The number of fused-ring (bicyclic) bond motifs is 1. The summed E-state index contributed by atoms with van der Waals surface area (Å²) >= 11 is 0. The van der Waals surface area contributed by atoms with Crippen LogP contribution in [0.5, 0.6) is 17.2 Å². The Labute approximate surface area is 175 Å². The zero-order valence-electron chi connectivity index (χ0n) is 16.8. The number of hydrogen-bond acceptors (Lipinski definition) is 4. The van der Waals surface area contributed by atoms with Gasteiger partial charge in [-0.25, -0.2) is 0 Å². The Morgan fingerprint density at radius 3 is 2.47 bits per heavy atom. The van der Waals surface area contributed by atoms with E-state index in [1.54, 1.807) is 31.2 Å². The minimum absolute atomic E-state index is 0.0841. The molecule has 6 nitrogen and oxygen atoms in total. The SMILES string of the molecule is Cc1ccc2c(c1)N(C(C)C(=O)Nc1ccc(Oc3ccccc3)cc1)C(=O)CO2. The Morgan fingerprint density at radius 1 is 1.03 bits per heavy atom. The lowest BCUT2D eigenvalue weighted by molar-refractivity contribution is -0.125. The maximum absolute atomic E-state index is 12.9. The van der Waals surface area contributed by atoms with E-state index in [2.05, 4.69) is 5.32 Å². The van der Waals surface area contributed by atoms with Crippen molar-refractivity contribution in [3.8, 4) is 17.2 Å². The summed E-state index contributed by atoms with van der Waals surface area (Å²) in [5.74, 6) is 1.47. The third kappa shape index (κ3) is 4.12. The molecule has 3 aromatic carbocycles. The number of nitrogens with zero attached hydrogens (tertiary/aromatic N) is 1. The largest absolute Gasteiger partial charge is 0.482 e. The Bertz CT molecular complexity index is 1060. The molecule has 3 aromatic rings. The van der Waals surface area contributed by atoms with Crippen LogP contribution in [0.25, 0.3) is 0 Å². The highest BCUT2D eigenvalue weighted by Crippen LogP contribution is 2.34. The van der Waals surface area contributed by atoms with Gasteiger partial charge in [-0.2, -0.15) is 0 Å². The topological polar surface area (TPSA) is 67.9 Å². The molecule has 4 rings (SSSR count). The third-order valence-electron chi connectivity index (χ3n) is 4.86. The first kappa shape index (κ1) is 19.5. The van der Waals surface area contributed by atoms with Gasteiger partial charge in [0.1, 0.15) is 23.3 Å². The number of benzene rings is 3. The van der Waals surface area contributed by atoms with E-state index in [0.29, 0.717) is 22.9 Å². The number of para-hydroxylation sites is 1. The second kappa shape index (κ2) is 8.29. The Hall–Kier alpha value is -3.80. The van der Waals surface area contributed by atoms with Crippen LogP contribution < -0.4 is 19.7 Å². The van der Waals surface area contributed by atoms with Crippen molar-refractivity contribution in [1.82, 2.24) is 0 Å². The van der Waals surface area contributed by atoms with Crippen LogP contribution in [-0.4, -0.2) is 24.5 Å². The predicted molar refractivity (Wildman–Crippen MR) is 115 cm³/mol. The summed E-state index contributed by atoms with van der Waals surface area (Å²) < 4.78 is 11.3. The molecule has 0 radical (unpaired) electrons. The first-order valence-corrected chi connectivity index (χ1v) is 9.70. The molecule has 1 unspecified atom stereocenters. The van der Waals surface area contributed by atoms with Gasteiger partial charge in [0.15, 0.2) is 6.61 Å². The standard InChI is InChI=1S/C24H22N2O4/c1-16-8-13-22-21(14-16)26(23(27)15-29-22)17(2)24(28)25-18-9-11-20(12-10-18)30-19-6-4-3-5-7-19/h3-14,17H,15H2,1-2H3,(H,25,28). The summed E-state index contributed by atoms with van der Waals surface area (Å²) in [6.45, 7) is 3.55. The van der Waals surface area contributed by atoms with Crippen molar-refractivity contribution >= 4 is 23.2 Å². The highest BCUT2D eigenvalue weighted by atomic mass is 16.5. The van der Waals surface area contributed by atoms with Crippen LogP contribution >= 0.6 is 0 Å². The number of amides is 2. The van der Waals surface area contributed by atoms with Crippen molar-refractivity contribution in [2.45, 2.75) is 19.9 Å². The van der Waals surface area contributed by atoms with Crippen molar-refractivity contribution in [2.24, 2.45) is 0 Å². The number of ether oxygens (including phenoxy) is 2. The summed E-state index contributed by atoms with van der Waals surface area (Å²) in [6, 6.07) is 21.5. The number of carbonyl (C=O) groups is 2. The Morgan fingerprint density at radius 2 is 1.73 bits per heavy atom. The second-order valence-corrected chi connectivity index (χ2v) is 7.13. The molecule has 152 valence electrons. The molecule has 1 heterocycles. The van der Waals surface area contributed by atoms with Gasteiger partial charge in [-0.3, -0.25) is 14.5 Å². The molecule has 0 aliphatic carbocycles. The number of nitrogens with one attached hydrogen (secondary N) is 1. The molecule has 1 atom stereocenters. The van der Waals surface area contributed by atoms with E-state index >= 15 is 0 Å². The minimum atomic E-state index is -0.692. The van der Waals surface area contributed by atoms with Crippen LogP contribution in [0.4, 0.5) is 11.4 Å². The fourth-order valence-corrected chi connectivity index (χ4v) is 3.30. The average molecular weight is 402 g/mol. The van der Waals surface area contributed by atoms with E-state index in [9.17, 15) is 9.59 Å². The van der Waals surface area contributed by atoms with Crippen LogP contribution in [0.1, 0.15) is 12.5 Å². The van der Waals surface area contributed by atoms with E-state index in [0.717, 1.165) is 11.3 Å². The van der Waals surface area contributed by atoms with Gasteiger partial charge < -0.3 is 14.8 Å². The van der Waals surface area contributed by atoms with E-state index in [1.165, 1.54) is 4.90 Å². The monoisotopic (exact) mass is 402 g/mol. The smallest absolute Gasteiger partial charge is 0.265 e. The molecule has 1 N–H and O–H groups in total. The normalized spacial score (nSPS) is 13.8. The predicted octanol–water partition coefficient (Wildman–Crippen LogP) is 4.54. The maximum Gasteiger partial charge on any atom is 0.265 e. The van der Waals surface area contributed by atoms with Crippen LogP contribution in [0.3, 0.4) is 0 Å². The lowest BCUT2D eigenvalue weighted by Gasteiger charge is -2.33.